The van der Waals surface area contributed by atoms with Gasteiger partial charge in [-0.2, -0.15) is 0 Å². The van der Waals surface area contributed by atoms with Crippen molar-refractivity contribution >= 4 is 46.1 Å². The van der Waals surface area contributed by atoms with Crippen molar-refractivity contribution in [3.05, 3.63) is 87.4 Å². The summed E-state index contributed by atoms with van der Waals surface area (Å²) in [6.07, 6.45) is 0.199. The summed E-state index contributed by atoms with van der Waals surface area (Å²) in [6, 6.07) is 16.5. The van der Waals surface area contributed by atoms with E-state index in [1.165, 1.54) is 11.8 Å². The molecule has 4 rings (SSSR count). The molecule has 0 fully saturated rings. The Hall–Kier alpha value is -3.03. The molecule has 8 heteroatoms. The number of carbonyl (C=O) groups is 2. The van der Waals surface area contributed by atoms with Gasteiger partial charge in [0.1, 0.15) is 0 Å². The van der Waals surface area contributed by atoms with E-state index in [0.717, 1.165) is 16.8 Å². The van der Waals surface area contributed by atoms with Crippen molar-refractivity contribution in [2.24, 2.45) is 4.99 Å². The molecule has 2 aromatic rings. The third-order valence-corrected chi connectivity index (χ3v) is 6.87. The van der Waals surface area contributed by atoms with Crippen LogP contribution in [0.25, 0.3) is 5.70 Å². The topological polar surface area (TPSA) is 62.2 Å². The zero-order valence-electron chi connectivity index (χ0n) is 19.3. The second kappa shape index (κ2) is 10.5. The molecule has 0 aliphatic carbocycles. The summed E-state index contributed by atoms with van der Waals surface area (Å²) in [7, 11) is 1.78. The van der Waals surface area contributed by atoms with Crippen molar-refractivity contribution in [2.75, 3.05) is 20.2 Å². The Labute approximate surface area is 208 Å². The molecule has 6 nitrogen and oxygen atoms in total. The van der Waals surface area contributed by atoms with Crippen molar-refractivity contribution in [3.8, 4) is 0 Å². The van der Waals surface area contributed by atoms with Crippen LogP contribution < -0.4 is 0 Å². The first-order chi connectivity index (χ1) is 16.4. The minimum Gasteiger partial charge on any atom is -0.463 e. The van der Waals surface area contributed by atoms with Crippen molar-refractivity contribution in [1.82, 2.24) is 9.80 Å². The number of amidine groups is 1. The smallest absolute Gasteiger partial charge is 0.338 e. The van der Waals surface area contributed by atoms with E-state index >= 15 is 0 Å². The Morgan fingerprint density at radius 1 is 1.15 bits per heavy atom. The van der Waals surface area contributed by atoms with Crippen LogP contribution in [0.2, 0.25) is 5.02 Å². The Morgan fingerprint density at radius 3 is 2.59 bits per heavy atom. The number of esters is 1. The quantitative estimate of drug-likeness (QED) is 0.476. The highest BCUT2D eigenvalue weighted by atomic mass is 35.5. The summed E-state index contributed by atoms with van der Waals surface area (Å²) in [6.45, 7) is 4.57. The molecule has 0 spiro atoms. The average Bonchev–Trinajstić information content (AvgIpc) is 3.25. The van der Waals surface area contributed by atoms with Crippen LogP contribution in [-0.2, 0) is 14.3 Å². The predicted molar refractivity (Wildman–Crippen MR) is 137 cm³/mol. The largest absolute Gasteiger partial charge is 0.463 e. The lowest BCUT2D eigenvalue weighted by molar-refractivity contribution is -0.139. The normalized spacial score (nSPS) is 17.2. The second-order valence-electron chi connectivity index (χ2n) is 7.88. The summed E-state index contributed by atoms with van der Waals surface area (Å²) in [5, 5.41) is 3.21. The van der Waals surface area contributed by atoms with Crippen molar-refractivity contribution in [3.63, 3.8) is 0 Å². The van der Waals surface area contributed by atoms with E-state index in [1.54, 1.807) is 24.9 Å². The SMILES string of the molecule is CCOC(=O)C1=C(c2ccccc2)N=C2SC=C(CC(=O)N(C)CC)N2C1c1cccc(Cl)c1. The molecule has 2 aromatic carbocycles. The molecule has 0 radical (unpaired) electrons. The number of halogens is 1. The first-order valence-electron chi connectivity index (χ1n) is 11.1. The Kier molecular flexibility index (Phi) is 7.44. The highest BCUT2D eigenvalue weighted by molar-refractivity contribution is 8.16. The van der Waals surface area contributed by atoms with Gasteiger partial charge in [-0.05, 0) is 37.0 Å². The molecular formula is C26H26ClN3O3S. The number of ether oxygens (including phenoxy) is 1. The minimum atomic E-state index is -0.540. The van der Waals surface area contributed by atoms with E-state index in [1.807, 2.05) is 65.8 Å². The average molecular weight is 496 g/mol. The number of hydrogen-bond donors (Lipinski definition) is 0. The maximum absolute atomic E-state index is 13.4. The summed E-state index contributed by atoms with van der Waals surface area (Å²) in [4.78, 5) is 34.7. The van der Waals surface area contributed by atoms with Crippen LogP contribution >= 0.6 is 23.4 Å². The van der Waals surface area contributed by atoms with Crippen LogP contribution in [0.1, 0.15) is 37.4 Å². The fourth-order valence-electron chi connectivity index (χ4n) is 3.95. The third-order valence-electron chi connectivity index (χ3n) is 5.75. The molecule has 1 unspecified atom stereocenters. The maximum Gasteiger partial charge on any atom is 0.338 e. The van der Waals surface area contributed by atoms with Gasteiger partial charge in [-0.3, -0.25) is 4.79 Å². The number of fused-ring (bicyclic) bond motifs is 1. The highest BCUT2D eigenvalue weighted by Crippen LogP contribution is 2.47. The van der Waals surface area contributed by atoms with Gasteiger partial charge in [0, 0.05) is 29.9 Å². The number of thioether (sulfide) groups is 1. The van der Waals surface area contributed by atoms with Crippen LogP contribution in [0.15, 0.2) is 76.3 Å². The van der Waals surface area contributed by atoms with E-state index in [2.05, 4.69) is 0 Å². The van der Waals surface area contributed by atoms with Gasteiger partial charge >= 0.3 is 5.97 Å². The summed E-state index contributed by atoms with van der Waals surface area (Å²) in [5.41, 5.74) is 3.41. The van der Waals surface area contributed by atoms with E-state index in [4.69, 9.17) is 21.3 Å². The van der Waals surface area contributed by atoms with Crippen molar-refractivity contribution in [1.29, 1.82) is 0 Å². The van der Waals surface area contributed by atoms with Crippen molar-refractivity contribution in [2.45, 2.75) is 26.3 Å². The zero-order chi connectivity index (χ0) is 24.2. The highest BCUT2D eigenvalue weighted by Gasteiger charge is 2.42. The van der Waals surface area contributed by atoms with Crippen molar-refractivity contribution < 1.29 is 14.3 Å². The number of hydrogen-bond acceptors (Lipinski definition) is 6. The molecule has 0 bridgehead atoms. The van der Waals surface area contributed by atoms with Crippen LogP contribution in [-0.4, -0.2) is 47.0 Å². The Morgan fingerprint density at radius 2 is 1.91 bits per heavy atom. The molecule has 34 heavy (non-hydrogen) atoms. The molecule has 176 valence electrons. The number of rotatable bonds is 7. The molecule has 2 heterocycles. The lowest BCUT2D eigenvalue weighted by Gasteiger charge is -2.37. The number of carbonyl (C=O) groups excluding carboxylic acids is 2. The molecule has 0 N–H and O–H groups in total. The van der Waals surface area contributed by atoms with E-state index < -0.39 is 12.0 Å². The number of nitrogens with zero attached hydrogens (tertiary/aromatic N) is 3. The van der Waals surface area contributed by atoms with Crippen LogP contribution in [0.3, 0.4) is 0 Å². The fourth-order valence-corrected chi connectivity index (χ4v) is 5.06. The molecule has 0 saturated heterocycles. The van der Waals surface area contributed by atoms with E-state index in [-0.39, 0.29) is 18.9 Å². The minimum absolute atomic E-state index is 0.00374. The van der Waals surface area contributed by atoms with E-state index in [0.29, 0.717) is 28.0 Å². The van der Waals surface area contributed by atoms with Gasteiger partial charge in [-0.1, -0.05) is 65.8 Å². The Bertz CT molecular complexity index is 1190. The molecule has 1 atom stereocenters. The van der Waals surface area contributed by atoms with Crippen LogP contribution in [0, 0.1) is 0 Å². The molecular weight excluding hydrogens is 470 g/mol. The standard InChI is InChI=1S/C26H26ClN3O3S/c1-4-29(3)21(31)15-20-16-34-26-28-23(17-10-7-6-8-11-17)22(25(32)33-5-2)24(30(20)26)18-12-9-13-19(27)14-18/h6-14,16,24H,4-5,15H2,1-3H3. The zero-order valence-corrected chi connectivity index (χ0v) is 20.9. The van der Waals surface area contributed by atoms with Gasteiger partial charge in [-0.25, -0.2) is 9.79 Å². The summed E-state index contributed by atoms with van der Waals surface area (Å²) in [5.74, 6) is -0.446. The summed E-state index contributed by atoms with van der Waals surface area (Å²) >= 11 is 7.82. The maximum atomic E-state index is 13.4. The first-order valence-corrected chi connectivity index (χ1v) is 12.4. The molecule has 0 saturated carbocycles. The van der Waals surface area contributed by atoms with Crippen LogP contribution in [0.5, 0.6) is 0 Å². The molecule has 1 amide bonds. The monoisotopic (exact) mass is 495 g/mol. The van der Waals surface area contributed by atoms with Gasteiger partial charge in [0.05, 0.1) is 30.3 Å². The summed E-state index contributed by atoms with van der Waals surface area (Å²) < 4.78 is 5.51. The molecule has 0 aromatic heterocycles. The first kappa shape index (κ1) is 24.1. The van der Waals surface area contributed by atoms with Gasteiger partial charge < -0.3 is 14.5 Å². The van der Waals surface area contributed by atoms with E-state index in [9.17, 15) is 9.59 Å². The van der Waals surface area contributed by atoms with Gasteiger partial charge in [0.25, 0.3) is 0 Å². The molecule has 2 aliphatic heterocycles. The van der Waals surface area contributed by atoms with Crippen LogP contribution in [0.4, 0.5) is 0 Å². The predicted octanol–water partition coefficient (Wildman–Crippen LogP) is 5.48. The van der Waals surface area contributed by atoms with Gasteiger partial charge in [-0.15, -0.1) is 0 Å². The lowest BCUT2D eigenvalue weighted by atomic mass is 9.91. The number of amides is 1. The Balaban J connectivity index is 1.89. The third kappa shape index (κ3) is 4.76. The fraction of sp³-hybridized carbons (Fsp3) is 0.269. The van der Waals surface area contributed by atoms with Gasteiger partial charge in [0.15, 0.2) is 5.17 Å². The number of benzene rings is 2. The second-order valence-corrected chi connectivity index (χ2v) is 9.16. The van der Waals surface area contributed by atoms with Gasteiger partial charge in [0.2, 0.25) is 5.91 Å². The lowest BCUT2D eigenvalue weighted by Crippen LogP contribution is -2.38. The molecule has 2 aliphatic rings. The number of aliphatic imine (C=N–C) groups is 1.